The Morgan fingerprint density at radius 3 is 2.45 bits per heavy atom. The van der Waals surface area contributed by atoms with E-state index in [9.17, 15) is 21.9 Å². The Labute approximate surface area is 181 Å². The maximum atomic E-state index is 13.1. The Balaban J connectivity index is 2.24. The molecule has 0 bridgehead atoms. The highest BCUT2D eigenvalue weighted by Gasteiger charge is 2.34. The molecule has 1 aliphatic heterocycles. The molecule has 0 unspecified atom stereocenters. The summed E-state index contributed by atoms with van der Waals surface area (Å²) in [6, 6.07) is 2.80. The van der Waals surface area contributed by atoms with Crippen LogP contribution < -0.4 is 15.8 Å². The first-order valence-electron chi connectivity index (χ1n) is 9.80. The number of sulfonamides is 1. The number of nitrogens with two attached hydrogens (primary N) is 2. The van der Waals surface area contributed by atoms with Gasteiger partial charge in [0.05, 0.1) is 16.2 Å². The number of tetrazole rings is 1. The van der Waals surface area contributed by atoms with E-state index in [2.05, 4.69) is 20.6 Å². The number of anilines is 1. The third-order valence-corrected chi connectivity index (χ3v) is 8.55. The van der Waals surface area contributed by atoms with Gasteiger partial charge >= 0.3 is 0 Å². The number of hydrogen-bond acceptors (Lipinski definition) is 10. The maximum Gasteiger partial charge on any atom is 0.240 e. The number of rotatable bonds is 8. The van der Waals surface area contributed by atoms with Gasteiger partial charge in [-0.3, -0.25) is 0 Å². The van der Waals surface area contributed by atoms with Crippen LogP contribution in [-0.2, 0) is 19.9 Å². The van der Waals surface area contributed by atoms with Gasteiger partial charge in [-0.2, -0.15) is 5.21 Å². The maximum absolute atomic E-state index is 13.1. The molecule has 0 amide bonds. The molecule has 0 aliphatic carbocycles. The van der Waals surface area contributed by atoms with E-state index in [1.165, 1.54) is 6.07 Å². The number of nitrogens with one attached hydrogen (secondary N) is 1. The predicted octanol–water partition coefficient (Wildman–Crippen LogP) is -0.909. The van der Waals surface area contributed by atoms with Crippen LogP contribution in [-0.4, -0.2) is 74.6 Å². The van der Waals surface area contributed by atoms with Crippen molar-refractivity contribution in [2.45, 2.75) is 29.6 Å². The summed E-state index contributed by atoms with van der Waals surface area (Å²) < 4.78 is 51.5. The van der Waals surface area contributed by atoms with E-state index >= 15 is 0 Å². The predicted molar refractivity (Wildman–Crippen MR) is 113 cm³/mol. The van der Waals surface area contributed by atoms with E-state index in [-0.39, 0.29) is 42.1 Å². The molecule has 0 saturated carbocycles. The monoisotopic (exact) mass is 473 g/mol. The van der Waals surface area contributed by atoms with Crippen LogP contribution in [0.15, 0.2) is 21.9 Å². The largest absolute Gasteiger partial charge is 0.396 e. The molecule has 14 heteroatoms. The number of aromatic amines is 1. The number of aromatic nitrogens is 4. The molecule has 2 aromatic rings. The second-order valence-corrected chi connectivity index (χ2v) is 11.3. The van der Waals surface area contributed by atoms with Crippen molar-refractivity contribution in [3.05, 3.63) is 12.1 Å². The quantitative estimate of drug-likeness (QED) is 0.372. The standard InChI is InChI=1S/C17H27N7O5S2/c1-11(8-18)10-30(26,27)14-3-2-13(24-6-4-12(9-25)5-7-24)15(16(14)31(19,28)29)17-20-22-23-21-17/h2-3,11-12,25H,4-10,18H2,1H3,(H2,19,28,29)(H,20,21,22,23)/t11-/m1/s1. The second kappa shape index (κ2) is 9.16. The summed E-state index contributed by atoms with van der Waals surface area (Å²) in [5.74, 6) is -0.643. The summed E-state index contributed by atoms with van der Waals surface area (Å²) in [5.41, 5.74) is 5.99. The minimum Gasteiger partial charge on any atom is -0.396 e. The fraction of sp³-hybridized carbons (Fsp3) is 0.588. The van der Waals surface area contributed by atoms with Gasteiger partial charge in [0.2, 0.25) is 15.8 Å². The molecule has 0 radical (unpaired) electrons. The van der Waals surface area contributed by atoms with Gasteiger partial charge < -0.3 is 15.7 Å². The minimum absolute atomic E-state index is 0.0137. The molecule has 1 aromatic carbocycles. The molecule has 1 aliphatic rings. The lowest BCUT2D eigenvalue weighted by Crippen LogP contribution is -2.35. The van der Waals surface area contributed by atoms with Crippen LogP contribution in [0.1, 0.15) is 19.8 Å². The summed E-state index contributed by atoms with van der Waals surface area (Å²) in [6.45, 7) is 2.94. The Morgan fingerprint density at radius 1 is 1.26 bits per heavy atom. The van der Waals surface area contributed by atoms with E-state index < -0.39 is 29.7 Å². The van der Waals surface area contributed by atoms with Gasteiger partial charge in [-0.25, -0.2) is 22.0 Å². The highest BCUT2D eigenvalue weighted by atomic mass is 32.2. The molecule has 31 heavy (non-hydrogen) atoms. The average Bonchev–Trinajstić information content (AvgIpc) is 3.26. The molecular weight excluding hydrogens is 446 g/mol. The molecule has 2 heterocycles. The Morgan fingerprint density at radius 2 is 1.94 bits per heavy atom. The fourth-order valence-corrected chi connectivity index (χ4v) is 7.00. The zero-order valence-electron chi connectivity index (χ0n) is 17.1. The Hall–Kier alpha value is -2.13. The highest BCUT2D eigenvalue weighted by Crippen LogP contribution is 2.40. The molecule has 1 aromatic heterocycles. The van der Waals surface area contributed by atoms with Gasteiger partial charge in [0.15, 0.2) is 9.84 Å². The fourth-order valence-electron chi connectivity index (χ4n) is 3.72. The molecule has 1 atom stereocenters. The van der Waals surface area contributed by atoms with Crippen LogP contribution in [0.5, 0.6) is 0 Å². The number of nitrogens with zero attached hydrogens (tertiary/aromatic N) is 4. The number of piperidine rings is 1. The van der Waals surface area contributed by atoms with Gasteiger partial charge in [0, 0.05) is 25.4 Å². The van der Waals surface area contributed by atoms with E-state index in [0.717, 1.165) is 0 Å². The summed E-state index contributed by atoms with van der Waals surface area (Å²) in [6.07, 6.45) is 1.39. The van der Waals surface area contributed by atoms with Crippen LogP contribution in [0.25, 0.3) is 11.4 Å². The van der Waals surface area contributed by atoms with E-state index in [1.807, 2.05) is 4.90 Å². The van der Waals surface area contributed by atoms with Crippen molar-refractivity contribution in [2.24, 2.45) is 22.7 Å². The first-order valence-corrected chi connectivity index (χ1v) is 13.0. The highest BCUT2D eigenvalue weighted by molar-refractivity contribution is 7.93. The number of benzene rings is 1. The zero-order chi connectivity index (χ0) is 22.8. The van der Waals surface area contributed by atoms with Crippen molar-refractivity contribution < 1.29 is 21.9 Å². The molecule has 172 valence electrons. The van der Waals surface area contributed by atoms with Crippen LogP contribution in [0.2, 0.25) is 0 Å². The van der Waals surface area contributed by atoms with Gasteiger partial charge in [0.25, 0.3) is 0 Å². The summed E-state index contributed by atoms with van der Waals surface area (Å²) in [5, 5.41) is 28.5. The van der Waals surface area contributed by atoms with Crippen molar-refractivity contribution in [3.8, 4) is 11.4 Å². The molecule has 0 spiro atoms. The lowest BCUT2D eigenvalue weighted by Gasteiger charge is -2.34. The molecule has 1 fully saturated rings. The van der Waals surface area contributed by atoms with E-state index in [0.29, 0.717) is 31.6 Å². The first-order chi connectivity index (χ1) is 14.6. The number of hydrogen-bond donors (Lipinski definition) is 4. The van der Waals surface area contributed by atoms with Crippen molar-refractivity contribution in [1.82, 2.24) is 20.6 Å². The third kappa shape index (κ3) is 5.03. The van der Waals surface area contributed by atoms with Gasteiger partial charge in [-0.1, -0.05) is 6.92 Å². The van der Waals surface area contributed by atoms with Gasteiger partial charge in [-0.05, 0) is 48.6 Å². The smallest absolute Gasteiger partial charge is 0.240 e. The third-order valence-electron chi connectivity index (χ3n) is 5.41. The average molecular weight is 474 g/mol. The molecule has 6 N–H and O–H groups in total. The number of H-pyrrole nitrogens is 1. The lowest BCUT2D eigenvalue weighted by molar-refractivity contribution is 0.203. The number of primary sulfonamides is 1. The minimum atomic E-state index is -4.49. The van der Waals surface area contributed by atoms with Crippen LogP contribution in [0.3, 0.4) is 0 Å². The van der Waals surface area contributed by atoms with Crippen LogP contribution >= 0.6 is 0 Å². The zero-order valence-corrected chi connectivity index (χ0v) is 18.7. The van der Waals surface area contributed by atoms with Gasteiger partial charge in [-0.15, -0.1) is 10.2 Å². The molecule has 3 rings (SSSR count). The van der Waals surface area contributed by atoms with Crippen LogP contribution in [0.4, 0.5) is 5.69 Å². The second-order valence-electron chi connectivity index (χ2n) is 7.80. The van der Waals surface area contributed by atoms with E-state index in [4.69, 9.17) is 10.9 Å². The SMILES string of the molecule is C[C@H](CN)CS(=O)(=O)c1ccc(N2CCC(CO)CC2)c(-c2nn[nH]n2)c1S(N)(=O)=O. The van der Waals surface area contributed by atoms with Crippen molar-refractivity contribution in [3.63, 3.8) is 0 Å². The van der Waals surface area contributed by atoms with Gasteiger partial charge in [0.1, 0.15) is 4.90 Å². The summed E-state index contributed by atoms with van der Waals surface area (Å²) >= 11 is 0. The van der Waals surface area contributed by atoms with Crippen molar-refractivity contribution in [1.29, 1.82) is 0 Å². The number of sulfone groups is 1. The summed E-state index contributed by atoms with van der Waals surface area (Å²) in [7, 11) is -8.53. The van der Waals surface area contributed by atoms with Crippen molar-refractivity contribution in [2.75, 3.05) is 36.9 Å². The molecular formula is C17H27N7O5S2. The number of aliphatic hydroxyl groups is 1. The normalized spacial score (nSPS) is 17.1. The topological polar surface area (TPSA) is 198 Å². The Bertz CT molecular complexity index is 1110. The summed E-state index contributed by atoms with van der Waals surface area (Å²) in [4.78, 5) is 0.940. The van der Waals surface area contributed by atoms with Crippen LogP contribution in [0, 0.1) is 11.8 Å². The number of aliphatic hydroxyl groups excluding tert-OH is 1. The van der Waals surface area contributed by atoms with Crippen molar-refractivity contribution >= 4 is 25.5 Å². The van der Waals surface area contributed by atoms with E-state index in [1.54, 1.807) is 13.0 Å². The molecule has 12 nitrogen and oxygen atoms in total. The first kappa shape index (κ1) is 23.5. The lowest BCUT2D eigenvalue weighted by atomic mass is 9.97. The molecule has 1 saturated heterocycles. The Kier molecular flexibility index (Phi) is 6.95.